The summed E-state index contributed by atoms with van der Waals surface area (Å²) in [5, 5.41) is 9.06. The van der Waals surface area contributed by atoms with Crippen molar-refractivity contribution in [2.45, 2.75) is 58.3 Å². The molecule has 0 saturated carbocycles. The van der Waals surface area contributed by atoms with Crippen LogP contribution in [-0.4, -0.2) is 22.9 Å². The molecule has 0 spiro atoms. The highest BCUT2D eigenvalue weighted by atomic mass is 16.4. The topological polar surface area (TPSA) is 78.6 Å². The Kier molecular flexibility index (Phi) is 10.2. The summed E-state index contributed by atoms with van der Waals surface area (Å²) in [6, 6.07) is 0. The molecule has 0 fully saturated rings. The number of hydrogen-bond donors (Lipinski definition) is 3. The van der Waals surface area contributed by atoms with E-state index in [2.05, 4.69) is 12.3 Å². The third-order valence-electron chi connectivity index (χ3n) is 2.52. The van der Waals surface area contributed by atoms with Gasteiger partial charge in [-0.15, -0.1) is 0 Å². The highest BCUT2D eigenvalue weighted by molar-refractivity contribution is 5.63. The fraction of sp³-hybridized carbons (Fsp3) is 0.909. The number of carbonyl (C=O) groups is 1. The van der Waals surface area contributed by atoms with Crippen molar-refractivity contribution in [2.24, 2.45) is 5.84 Å². The van der Waals surface area contributed by atoms with E-state index in [0.717, 1.165) is 12.8 Å². The minimum Gasteiger partial charge on any atom is -0.463 e. The summed E-state index contributed by atoms with van der Waals surface area (Å²) in [6.45, 7) is 2.84. The molecule has 0 rings (SSSR count). The van der Waals surface area contributed by atoms with Gasteiger partial charge in [-0.3, -0.25) is 0 Å². The van der Waals surface area contributed by atoms with Crippen LogP contribution in [0.2, 0.25) is 0 Å². The van der Waals surface area contributed by atoms with E-state index in [0.29, 0.717) is 11.7 Å². The smallest absolute Gasteiger partial charge is 0.436 e. The van der Waals surface area contributed by atoms with Crippen molar-refractivity contribution in [1.29, 1.82) is 0 Å². The molecule has 0 aromatic heterocycles. The maximum atomic E-state index is 10.3. The zero-order valence-corrected chi connectivity index (χ0v) is 10.2. The van der Waals surface area contributed by atoms with Gasteiger partial charge >= 0.3 is 6.09 Å². The number of unbranched alkanes of at least 4 members (excludes halogenated alkanes) is 7. The summed E-state index contributed by atoms with van der Waals surface area (Å²) in [5.41, 5.74) is 2.60. The molecule has 5 heteroatoms. The SMILES string of the molecule is CCCCCCCCCCNN(N)C(=O)O. The number of nitrogens with zero attached hydrogens (tertiary/aromatic N) is 1. The Bertz CT molecular complexity index is 177. The lowest BCUT2D eigenvalue weighted by atomic mass is 10.1. The molecular weight excluding hydrogens is 206 g/mol. The maximum absolute atomic E-state index is 10.3. The molecular formula is C11H25N3O2. The summed E-state index contributed by atoms with van der Waals surface area (Å²) in [6.07, 6.45) is 8.73. The molecule has 0 unspecified atom stereocenters. The van der Waals surface area contributed by atoms with Gasteiger partial charge in [0, 0.05) is 6.54 Å². The molecule has 16 heavy (non-hydrogen) atoms. The van der Waals surface area contributed by atoms with Crippen molar-refractivity contribution in [3.63, 3.8) is 0 Å². The van der Waals surface area contributed by atoms with Crippen LogP contribution < -0.4 is 11.3 Å². The highest BCUT2D eigenvalue weighted by Crippen LogP contribution is 2.07. The number of nitrogens with one attached hydrogen (secondary N) is 1. The average Bonchev–Trinajstić information content (AvgIpc) is 2.26. The second-order valence-electron chi connectivity index (χ2n) is 4.04. The van der Waals surface area contributed by atoms with Crippen molar-refractivity contribution < 1.29 is 9.90 Å². The van der Waals surface area contributed by atoms with E-state index < -0.39 is 6.09 Å². The third kappa shape index (κ3) is 9.73. The van der Waals surface area contributed by atoms with Crippen LogP contribution in [0, 0.1) is 0 Å². The summed E-state index contributed by atoms with van der Waals surface area (Å²) < 4.78 is 0. The summed E-state index contributed by atoms with van der Waals surface area (Å²) >= 11 is 0. The molecule has 0 atom stereocenters. The van der Waals surface area contributed by atoms with E-state index in [9.17, 15) is 4.79 Å². The van der Waals surface area contributed by atoms with Crippen molar-refractivity contribution in [2.75, 3.05) is 6.54 Å². The second kappa shape index (κ2) is 10.7. The summed E-state index contributed by atoms with van der Waals surface area (Å²) in [7, 11) is 0. The maximum Gasteiger partial charge on any atom is 0.436 e. The Morgan fingerprint density at radius 1 is 1.12 bits per heavy atom. The van der Waals surface area contributed by atoms with Crippen LogP contribution in [0.15, 0.2) is 0 Å². The van der Waals surface area contributed by atoms with E-state index in [1.54, 1.807) is 0 Å². The average molecular weight is 231 g/mol. The molecule has 0 heterocycles. The normalized spacial score (nSPS) is 10.4. The molecule has 0 saturated heterocycles. The molecule has 0 aromatic rings. The van der Waals surface area contributed by atoms with Crippen LogP contribution in [0.5, 0.6) is 0 Å². The number of hydrogen-bond acceptors (Lipinski definition) is 3. The van der Waals surface area contributed by atoms with Gasteiger partial charge in [-0.05, 0) is 6.42 Å². The first-order valence-corrected chi connectivity index (χ1v) is 6.19. The lowest BCUT2D eigenvalue weighted by molar-refractivity contribution is 0.120. The number of amides is 1. The Morgan fingerprint density at radius 3 is 2.12 bits per heavy atom. The summed E-state index contributed by atoms with van der Waals surface area (Å²) in [4.78, 5) is 10.3. The largest absolute Gasteiger partial charge is 0.463 e. The van der Waals surface area contributed by atoms with E-state index >= 15 is 0 Å². The van der Waals surface area contributed by atoms with Crippen LogP contribution in [0.4, 0.5) is 4.79 Å². The van der Waals surface area contributed by atoms with E-state index in [4.69, 9.17) is 10.9 Å². The van der Waals surface area contributed by atoms with Gasteiger partial charge in [0.2, 0.25) is 0 Å². The van der Waals surface area contributed by atoms with Gasteiger partial charge in [-0.2, -0.15) is 5.12 Å². The lowest BCUT2D eigenvalue weighted by Crippen LogP contribution is -2.47. The van der Waals surface area contributed by atoms with Crippen LogP contribution in [-0.2, 0) is 0 Å². The zero-order chi connectivity index (χ0) is 12.2. The highest BCUT2D eigenvalue weighted by Gasteiger charge is 2.03. The molecule has 0 aromatic carbocycles. The molecule has 0 bridgehead atoms. The standard InChI is InChI=1S/C11H25N3O2/c1-2-3-4-5-6-7-8-9-10-13-14(12)11(15)16/h13H,2-10,12H2,1H3,(H,15,16). The molecule has 1 amide bonds. The lowest BCUT2D eigenvalue weighted by Gasteiger charge is -2.13. The van der Waals surface area contributed by atoms with E-state index in [1.165, 1.54) is 38.5 Å². The van der Waals surface area contributed by atoms with E-state index in [1.807, 2.05) is 0 Å². The second-order valence-corrected chi connectivity index (χ2v) is 4.04. The Labute approximate surface area is 97.9 Å². The van der Waals surface area contributed by atoms with Crippen LogP contribution in [0.25, 0.3) is 0 Å². The van der Waals surface area contributed by atoms with Gasteiger partial charge < -0.3 is 5.11 Å². The first-order chi connectivity index (χ1) is 7.68. The molecule has 0 radical (unpaired) electrons. The van der Waals surface area contributed by atoms with Crippen LogP contribution in [0.3, 0.4) is 0 Å². The van der Waals surface area contributed by atoms with Gasteiger partial charge in [0.25, 0.3) is 0 Å². The minimum atomic E-state index is -1.15. The molecule has 0 aliphatic rings. The molecule has 4 N–H and O–H groups in total. The van der Waals surface area contributed by atoms with Gasteiger partial charge in [-0.1, -0.05) is 51.9 Å². The predicted molar refractivity (Wildman–Crippen MR) is 64.7 cm³/mol. The van der Waals surface area contributed by atoms with Crippen molar-refractivity contribution in [3.05, 3.63) is 0 Å². The first-order valence-electron chi connectivity index (χ1n) is 6.19. The van der Waals surface area contributed by atoms with Crippen LogP contribution >= 0.6 is 0 Å². The van der Waals surface area contributed by atoms with Crippen molar-refractivity contribution >= 4 is 6.09 Å². The number of hydrazine groups is 2. The predicted octanol–water partition coefficient (Wildman–Crippen LogP) is 2.49. The summed E-state index contributed by atoms with van der Waals surface area (Å²) in [5.74, 6) is 5.13. The van der Waals surface area contributed by atoms with Gasteiger partial charge in [-0.25, -0.2) is 16.1 Å². The zero-order valence-electron chi connectivity index (χ0n) is 10.2. The van der Waals surface area contributed by atoms with Crippen molar-refractivity contribution in [3.8, 4) is 0 Å². The quantitative estimate of drug-likeness (QED) is 0.233. The van der Waals surface area contributed by atoms with Crippen molar-refractivity contribution in [1.82, 2.24) is 10.5 Å². The number of carboxylic acid groups (broad SMARTS) is 1. The van der Waals surface area contributed by atoms with E-state index in [-0.39, 0.29) is 0 Å². The Hall–Kier alpha value is -0.810. The van der Waals surface area contributed by atoms with Gasteiger partial charge in [0.1, 0.15) is 0 Å². The first kappa shape index (κ1) is 15.2. The Morgan fingerprint density at radius 2 is 1.62 bits per heavy atom. The monoisotopic (exact) mass is 231 g/mol. The Balaban J connectivity index is 3.07. The van der Waals surface area contributed by atoms with Gasteiger partial charge in [0.15, 0.2) is 0 Å². The molecule has 0 aliphatic heterocycles. The minimum absolute atomic E-state index is 0.612. The molecule has 96 valence electrons. The number of nitrogens with two attached hydrogens (primary N) is 1. The fourth-order valence-corrected chi connectivity index (χ4v) is 1.53. The third-order valence-corrected chi connectivity index (χ3v) is 2.52. The molecule has 0 aliphatic carbocycles. The number of rotatable bonds is 10. The van der Waals surface area contributed by atoms with Crippen LogP contribution in [0.1, 0.15) is 58.3 Å². The molecule has 5 nitrogen and oxygen atoms in total. The van der Waals surface area contributed by atoms with Gasteiger partial charge in [0.05, 0.1) is 0 Å². The fourth-order valence-electron chi connectivity index (χ4n) is 1.53.